The van der Waals surface area contributed by atoms with E-state index in [9.17, 15) is 4.39 Å². The maximum absolute atomic E-state index is 13.9. The lowest BCUT2D eigenvalue weighted by molar-refractivity contribution is 0.415. The summed E-state index contributed by atoms with van der Waals surface area (Å²) in [5.74, 6) is 0.482. The van der Waals surface area contributed by atoms with Crippen molar-refractivity contribution >= 4 is 11.4 Å². The van der Waals surface area contributed by atoms with Crippen LogP contribution in [0.1, 0.15) is 18.5 Å². The molecule has 3 nitrogen and oxygen atoms in total. The van der Waals surface area contributed by atoms with Gasteiger partial charge in [-0.25, -0.2) is 4.39 Å². The fraction of sp³-hybridized carbons (Fsp3) is 0.250. The van der Waals surface area contributed by atoms with Gasteiger partial charge in [0, 0.05) is 36.1 Å². The average Bonchev–Trinajstić information content (AvgIpc) is 2.45. The van der Waals surface area contributed by atoms with Gasteiger partial charge in [0.15, 0.2) is 0 Å². The molecule has 20 heavy (non-hydrogen) atoms. The highest BCUT2D eigenvalue weighted by atomic mass is 19.1. The van der Waals surface area contributed by atoms with Gasteiger partial charge in [0.05, 0.1) is 13.2 Å². The first-order valence-corrected chi connectivity index (χ1v) is 6.44. The molecule has 4 heteroatoms. The molecule has 0 spiro atoms. The lowest BCUT2D eigenvalue weighted by Crippen LogP contribution is -2.22. The van der Waals surface area contributed by atoms with Crippen LogP contribution in [0.25, 0.3) is 0 Å². The van der Waals surface area contributed by atoms with Gasteiger partial charge in [0.2, 0.25) is 0 Å². The number of halogens is 1. The minimum atomic E-state index is -0.206. The molecule has 106 valence electrons. The summed E-state index contributed by atoms with van der Waals surface area (Å²) in [4.78, 5) is 1.97. The number of nitrogen functional groups attached to an aromatic ring is 1. The molecule has 0 radical (unpaired) electrons. The highest BCUT2D eigenvalue weighted by molar-refractivity contribution is 5.61. The molecule has 2 aromatic carbocycles. The molecule has 0 heterocycles. The first-order chi connectivity index (χ1) is 9.52. The smallest absolute Gasteiger partial charge is 0.128 e. The van der Waals surface area contributed by atoms with Crippen LogP contribution in [0.4, 0.5) is 15.8 Å². The molecule has 0 saturated carbocycles. The minimum Gasteiger partial charge on any atom is -0.497 e. The number of hydrogen-bond donors (Lipinski definition) is 1. The van der Waals surface area contributed by atoms with E-state index in [1.165, 1.54) is 6.07 Å². The highest BCUT2D eigenvalue weighted by Crippen LogP contribution is 2.31. The van der Waals surface area contributed by atoms with E-state index >= 15 is 0 Å². The van der Waals surface area contributed by atoms with Crippen LogP contribution in [0.3, 0.4) is 0 Å². The number of nitrogens with zero attached hydrogens (tertiary/aromatic N) is 1. The molecule has 1 atom stereocenters. The van der Waals surface area contributed by atoms with Gasteiger partial charge in [-0.15, -0.1) is 0 Å². The Bertz CT molecular complexity index is 601. The van der Waals surface area contributed by atoms with Crippen molar-refractivity contribution in [1.29, 1.82) is 0 Å². The monoisotopic (exact) mass is 274 g/mol. The molecule has 0 aromatic heterocycles. The van der Waals surface area contributed by atoms with Gasteiger partial charge in [0.25, 0.3) is 0 Å². The van der Waals surface area contributed by atoms with Crippen molar-refractivity contribution in [3.8, 4) is 5.75 Å². The molecular weight excluding hydrogens is 255 g/mol. The Hall–Kier alpha value is -2.23. The predicted molar refractivity (Wildman–Crippen MR) is 80.6 cm³/mol. The fourth-order valence-corrected chi connectivity index (χ4v) is 2.17. The second-order valence-electron chi connectivity index (χ2n) is 4.77. The Morgan fingerprint density at radius 3 is 2.55 bits per heavy atom. The summed E-state index contributed by atoms with van der Waals surface area (Å²) in [5.41, 5.74) is 8.01. The van der Waals surface area contributed by atoms with Gasteiger partial charge in [-0.05, 0) is 19.1 Å². The summed E-state index contributed by atoms with van der Waals surface area (Å²) in [6.07, 6.45) is 0. The fourth-order valence-electron chi connectivity index (χ4n) is 2.17. The van der Waals surface area contributed by atoms with E-state index in [-0.39, 0.29) is 11.9 Å². The zero-order valence-electron chi connectivity index (χ0n) is 11.9. The highest BCUT2D eigenvalue weighted by Gasteiger charge is 2.16. The summed E-state index contributed by atoms with van der Waals surface area (Å²) in [6.45, 7) is 1.95. The second-order valence-corrected chi connectivity index (χ2v) is 4.77. The topological polar surface area (TPSA) is 38.5 Å². The van der Waals surface area contributed by atoms with Gasteiger partial charge in [-0.1, -0.05) is 18.2 Å². The zero-order valence-corrected chi connectivity index (χ0v) is 11.9. The second kappa shape index (κ2) is 5.82. The van der Waals surface area contributed by atoms with Crippen LogP contribution < -0.4 is 15.4 Å². The summed E-state index contributed by atoms with van der Waals surface area (Å²) >= 11 is 0. The summed E-state index contributed by atoms with van der Waals surface area (Å²) in [7, 11) is 3.50. The third kappa shape index (κ3) is 2.85. The third-order valence-corrected chi connectivity index (χ3v) is 3.49. The largest absolute Gasteiger partial charge is 0.497 e. The lowest BCUT2D eigenvalue weighted by Gasteiger charge is -2.28. The molecule has 2 N–H and O–H groups in total. The molecule has 0 saturated heterocycles. The molecule has 2 rings (SSSR count). The number of nitrogens with two attached hydrogens (primary N) is 1. The van der Waals surface area contributed by atoms with Crippen molar-refractivity contribution in [2.45, 2.75) is 13.0 Å². The number of rotatable bonds is 4. The Morgan fingerprint density at radius 1 is 1.20 bits per heavy atom. The molecule has 0 aliphatic carbocycles. The zero-order chi connectivity index (χ0) is 14.7. The lowest BCUT2D eigenvalue weighted by atomic mass is 10.1. The van der Waals surface area contributed by atoms with Crippen LogP contribution in [0.15, 0.2) is 42.5 Å². The van der Waals surface area contributed by atoms with Crippen LogP contribution in [0.5, 0.6) is 5.75 Å². The number of ether oxygens (including phenoxy) is 1. The summed E-state index contributed by atoms with van der Waals surface area (Å²) < 4.78 is 19.1. The molecule has 2 aromatic rings. The van der Waals surface area contributed by atoms with E-state index in [2.05, 4.69) is 0 Å². The molecular formula is C16H19FN2O. The van der Waals surface area contributed by atoms with Crippen molar-refractivity contribution < 1.29 is 9.13 Å². The van der Waals surface area contributed by atoms with E-state index in [1.807, 2.05) is 37.1 Å². The van der Waals surface area contributed by atoms with Crippen molar-refractivity contribution in [1.82, 2.24) is 0 Å². The molecule has 0 aliphatic rings. The number of hydrogen-bond acceptors (Lipinski definition) is 3. The molecule has 0 bridgehead atoms. The van der Waals surface area contributed by atoms with Crippen molar-refractivity contribution in [3.05, 3.63) is 53.8 Å². The molecule has 1 unspecified atom stereocenters. The maximum Gasteiger partial charge on any atom is 0.128 e. The predicted octanol–water partition coefficient (Wildman–Crippen LogP) is 3.61. The van der Waals surface area contributed by atoms with E-state index in [0.29, 0.717) is 17.0 Å². The number of anilines is 2. The van der Waals surface area contributed by atoms with Gasteiger partial charge in [0.1, 0.15) is 11.6 Å². The Kier molecular flexibility index (Phi) is 4.13. The van der Waals surface area contributed by atoms with Crippen LogP contribution in [-0.4, -0.2) is 14.2 Å². The van der Waals surface area contributed by atoms with Crippen LogP contribution in [0, 0.1) is 5.82 Å². The standard InChI is InChI=1S/C16H19FN2O/c1-11(15-6-4-5-7-16(15)17)19(2)13-8-12(18)9-14(10-13)20-3/h4-11H,18H2,1-3H3. The number of benzene rings is 2. The van der Waals surface area contributed by atoms with Crippen molar-refractivity contribution in [3.63, 3.8) is 0 Å². The van der Waals surface area contributed by atoms with Crippen molar-refractivity contribution in [2.24, 2.45) is 0 Å². The van der Waals surface area contributed by atoms with Crippen LogP contribution >= 0.6 is 0 Å². The summed E-state index contributed by atoms with van der Waals surface area (Å²) in [6, 6.07) is 12.2. The van der Waals surface area contributed by atoms with Gasteiger partial charge in [-0.2, -0.15) is 0 Å². The van der Waals surface area contributed by atoms with Gasteiger partial charge >= 0.3 is 0 Å². The van der Waals surface area contributed by atoms with Gasteiger partial charge in [-0.3, -0.25) is 0 Å². The van der Waals surface area contributed by atoms with E-state index < -0.39 is 0 Å². The Morgan fingerprint density at radius 2 is 1.90 bits per heavy atom. The molecule has 0 amide bonds. The number of methoxy groups -OCH3 is 1. The average molecular weight is 274 g/mol. The molecule has 0 aliphatic heterocycles. The van der Waals surface area contributed by atoms with Crippen LogP contribution in [0.2, 0.25) is 0 Å². The SMILES string of the molecule is COc1cc(N)cc(N(C)C(C)c2ccccc2F)c1. The maximum atomic E-state index is 13.9. The first kappa shape index (κ1) is 14.2. The third-order valence-electron chi connectivity index (χ3n) is 3.49. The first-order valence-electron chi connectivity index (χ1n) is 6.44. The van der Waals surface area contributed by atoms with Crippen LogP contribution in [-0.2, 0) is 0 Å². The minimum absolute atomic E-state index is 0.109. The summed E-state index contributed by atoms with van der Waals surface area (Å²) in [5, 5.41) is 0. The van der Waals surface area contributed by atoms with E-state index in [0.717, 1.165) is 5.69 Å². The Labute approximate surface area is 118 Å². The van der Waals surface area contributed by atoms with Gasteiger partial charge < -0.3 is 15.4 Å². The van der Waals surface area contributed by atoms with E-state index in [1.54, 1.807) is 25.3 Å². The Balaban J connectivity index is 2.33. The van der Waals surface area contributed by atoms with E-state index in [4.69, 9.17) is 10.5 Å². The quantitative estimate of drug-likeness (QED) is 0.865. The normalized spacial score (nSPS) is 12.0. The van der Waals surface area contributed by atoms with Crippen molar-refractivity contribution in [2.75, 3.05) is 24.8 Å². The molecule has 0 fully saturated rings.